The largest absolute Gasteiger partial charge is 0.481 e. The lowest BCUT2D eigenvalue weighted by atomic mass is 10.4. The summed E-state index contributed by atoms with van der Waals surface area (Å²) in [6.07, 6.45) is 3.33. The number of nitrogens with zero attached hydrogens (tertiary/aromatic N) is 2. The maximum atomic E-state index is 10.2. The van der Waals surface area contributed by atoms with Gasteiger partial charge in [-0.25, -0.2) is 9.97 Å². The van der Waals surface area contributed by atoms with E-state index < -0.39 is 5.97 Å². The van der Waals surface area contributed by atoms with Gasteiger partial charge in [-0.3, -0.25) is 4.79 Å². The van der Waals surface area contributed by atoms with Crippen LogP contribution in [0.3, 0.4) is 0 Å². The van der Waals surface area contributed by atoms with Gasteiger partial charge in [0.1, 0.15) is 0 Å². The smallest absolute Gasteiger partial charge is 0.313 e. The SMILES string of the molecule is Cc1cnc(SCC(=O)O)nc1. The molecule has 0 radical (unpaired) electrons. The molecule has 0 saturated carbocycles. The van der Waals surface area contributed by atoms with Gasteiger partial charge in [0.05, 0.1) is 5.75 Å². The predicted molar refractivity (Wildman–Crippen MR) is 45.1 cm³/mol. The van der Waals surface area contributed by atoms with Crippen LogP contribution in [0.1, 0.15) is 5.56 Å². The highest BCUT2D eigenvalue weighted by molar-refractivity contribution is 7.99. The van der Waals surface area contributed by atoms with Crippen molar-refractivity contribution in [3.8, 4) is 0 Å². The van der Waals surface area contributed by atoms with Crippen molar-refractivity contribution in [1.82, 2.24) is 9.97 Å². The van der Waals surface area contributed by atoms with Gasteiger partial charge < -0.3 is 5.11 Å². The van der Waals surface area contributed by atoms with Crippen molar-refractivity contribution in [1.29, 1.82) is 0 Å². The Morgan fingerprint density at radius 3 is 2.67 bits per heavy atom. The summed E-state index contributed by atoms with van der Waals surface area (Å²) in [5.41, 5.74) is 0.967. The molecule has 64 valence electrons. The van der Waals surface area contributed by atoms with E-state index in [9.17, 15) is 4.79 Å². The first-order valence-electron chi connectivity index (χ1n) is 3.32. The lowest BCUT2D eigenvalue weighted by molar-refractivity contribution is -0.133. The molecule has 1 aromatic rings. The van der Waals surface area contributed by atoms with E-state index in [0.29, 0.717) is 5.16 Å². The lowest BCUT2D eigenvalue weighted by Gasteiger charge is -1.95. The Bertz CT molecular complexity index is 273. The predicted octanol–water partition coefficient (Wildman–Crippen LogP) is 0.962. The molecule has 12 heavy (non-hydrogen) atoms. The van der Waals surface area contributed by atoms with Crippen molar-refractivity contribution in [2.24, 2.45) is 0 Å². The molecule has 0 spiro atoms. The van der Waals surface area contributed by atoms with E-state index >= 15 is 0 Å². The first-order chi connectivity index (χ1) is 5.68. The molecule has 0 saturated heterocycles. The van der Waals surface area contributed by atoms with Crippen molar-refractivity contribution in [2.75, 3.05) is 5.75 Å². The number of aryl methyl sites for hydroxylation is 1. The molecule has 0 amide bonds. The van der Waals surface area contributed by atoms with Crippen molar-refractivity contribution in [3.63, 3.8) is 0 Å². The molecule has 5 heteroatoms. The third-order valence-corrected chi connectivity index (χ3v) is 1.94. The zero-order valence-electron chi connectivity index (χ0n) is 6.52. The van der Waals surface area contributed by atoms with Gasteiger partial charge in [0.2, 0.25) is 0 Å². The number of rotatable bonds is 3. The molecule has 0 atom stereocenters. The van der Waals surface area contributed by atoms with Crippen molar-refractivity contribution < 1.29 is 9.90 Å². The highest BCUT2D eigenvalue weighted by atomic mass is 32.2. The van der Waals surface area contributed by atoms with Crippen molar-refractivity contribution in [3.05, 3.63) is 18.0 Å². The second kappa shape index (κ2) is 4.06. The Labute approximate surface area is 74.0 Å². The number of carboxylic acids is 1. The van der Waals surface area contributed by atoms with Crippen molar-refractivity contribution in [2.45, 2.75) is 12.1 Å². The van der Waals surface area contributed by atoms with Gasteiger partial charge in [-0.2, -0.15) is 0 Å². The molecule has 0 bridgehead atoms. The molecular weight excluding hydrogens is 176 g/mol. The van der Waals surface area contributed by atoms with Gasteiger partial charge in [-0.15, -0.1) is 0 Å². The van der Waals surface area contributed by atoms with Crippen LogP contribution in [-0.4, -0.2) is 26.8 Å². The van der Waals surface area contributed by atoms with Crippen molar-refractivity contribution >= 4 is 17.7 Å². The summed E-state index contributed by atoms with van der Waals surface area (Å²) in [5, 5.41) is 8.86. The Morgan fingerprint density at radius 2 is 2.17 bits per heavy atom. The number of carbonyl (C=O) groups is 1. The summed E-state index contributed by atoms with van der Waals surface area (Å²) in [6.45, 7) is 1.88. The minimum absolute atomic E-state index is 0.00304. The van der Waals surface area contributed by atoms with Crippen LogP contribution in [-0.2, 0) is 4.79 Å². The van der Waals surface area contributed by atoms with Gasteiger partial charge in [-0.05, 0) is 12.5 Å². The lowest BCUT2D eigenvalue weighted by Crippen LogP contribution is -1.99. The molecule has 0 aliphatic carbocycles. The van der Waals surface area contributed by atoms with Crippen LogP contribution >= 0.6 is 11.8 Å². The van der Waals surface area contributed by atoms with E-state index in [1.165, 1.54) is 0 Å². The molecule has 1 aromatic heterocycles. The van der Waals surface area contributed by atoms with Gasteiger partial charge >= 0.3 is 5.97 Å². The number of aliphatic carboxylic acids is 1. The zero-order chi connectivity index (χ0) is 8.97. The average Bonchev–Trinajstić information content (AvgIpc) is 2.03. The average molecular weight is 184 g/mol. The second-order valence-electron chi connectivity index (χ2n) is 2.23. The first-order valence-corrected chi connectivity index (χ1v) is 4.30. The van der Waals surface area contributed by atoms with Crippen LogP contribution in [0.15, 0.2) is 17.6 Å². The summed E-state index contributed by atoms with van der Waals surface area (Å²) < 4.78 is 0. The van der Waals surface area contributed by atoms with Crippen LogP contribution in [0, 0.1) is 6.92 Å². The molecule has 4 nitrogen and oxygen atoms in total. The number of aromatic nitrogens is 2. The maximum absolute atomic E-state index is 10.2. The Hall–Kier alpha value is -1.10. The van der Waals surface area contributed by atoms with E-state index in [2.05, 4.69) is 9.97 Å². The Balaban J connectivity index is 2.53. The highest BCUT2D eigenvalue weighted by Crippen LogP contribution is 2.10. The number of hydrogen-bond donors (Lipinski definition) is 1. The van der Waals surface area contributed by atoms with E-state index in [-0.39, 0.29) is 5.75 Å². The van der Waals surface area contributed by atoms with Gasteiger partial charge in [-0.1, -0.05) is 11.8 Å². The summed E-state index contributed by atoms with van der Waals surface area (Å²) in [6, 6.07) is 0. The molecule has 0 aromatic carbocycles. The second-order valence-corrected chi connectivity index (χ2v) is 3.17. The summed E-state index contributed by atoms with van der Waals surface area (Å²) >= 11 is 1.12. The fraction of sp³-hybridized carbons (Fsp3) is 0.286. The fourth-order valence-corrected chi connectivity index (χ4v) is 1.09. The minimum atomic E-state index is -0.857. The van der Waals surface area contributed by atoms with Gasteiger partial charge in [0.15, 0.2) is 5.16 Å². The molecule has 1 rings (SSSR count). The summed E-state index contributed by atoms with van der Waals surface area (Å²) in [5.74, 6) is -0.854. The highest BCUT2D eigenvalue weighted by Gasteiger charge is 2.00. The first kappa shape index (κ1) is 8.99. The summed E-state index contributed by atoms with van der Waals surface area (Å²) in [4.78, 5) is 18.0. The molecule has 1 N–H and O–H groups in total. The minimum Gasteiger partial charge on any atom is -0.481 e. The maximum Gasteiger partial charge on any atom is 0.313 e. The standard InChI is InChI=1S/C7H8N2O2S/c1-5-2-8-7(9-3-5)12-4-6(10)11/h2-3H,4H2,1H3,(H,10,11). The van der Waals surface area contributed by atoms with Crippen LogP contribution in [0.4, 0.5) is 0 Å². The van der Waals surface area contributed by atoms with E-state index in [0.717, 1.165) is 17.3 Å². The number of carboxylic acid groups (broad SMARTS) is 1. The van der Waals surface area contributed by atoms with Crippen LogP contribution < -0.4 is 0 Å². The van der Waals surface area contributed by atoms with E-state index in [1.54, 1.807) is 12.4 Å². The van der Waals surface area contributed by atoms with E-state index in [1.807, 2.05) is 6.92 Å². The fourth-order valence-electron chi connectivity index (χ4n) is 0.582. The van der Waals surface area contributed by atoms with Crippen LogP contribution in [0.5, 0.6) is 0 Å². The quantitative estimate of drug-likeness (QED) is 0.560. The molecular formula is C7H8N2O2S. The van der Waals surface area contributed by atoms with E-state index in [4.69, 9.17) is 5.11 Å². The molecule has 1 heterocycles. The Kier molecular flexibility index (Phi) is 3.04. The number of hydrogen-bond acceptors (Lipinski definition) is 4. The molecule has 0 aliphatic heterocycles. The molecule has 0 fully saturated rings. The summed E-state index contributed by atoms with van der Waals surface area (Å²) in [7, 11) is 0. The van der Waals surface area contributed by atoms with Gasteiger partial charge in [0.25, 0.3) is 0 Å². The molecule has 0 unspecified atom stereocenters. The van der Waals surface area contributed by atoms with Crippen LogP contribution in [0.25, 0.3) is 0 Å². The topological polar surface area (TPSA) is 63.1 Å². The third-order valence-electron chi connectivity index (χ3n) is 1.08. The number of thioether (sulfide) groups is 1. The zero-order valence-corrected chi connectivity index (χ0v) is 7.34. The monoisotopic (exact) mass is 184 g/mol. The van der Waals surface area contributed by atoms with Gasteiger partial charge in [0, 0.05) is 12.4 Å². The molecule has 0 aliphatic rings. The third kappa shape index (κ3) is 2.87. The Morgan fingerprint density at radius 1 is 1.58 bits per heavy atom. The van der Waals surface area contributed by atoms with Crippen LogP contribution in [0.2, 0.25) is 0 Å². The normalized spacial score (nSPS) is 9.75.